The van der Waals surface area contributed by atoms with Crippen molar-refractivity contribution in [2.45, 2.75) is 38.8 Å². The lowest BCUT2D eigenvalue weighted by Crippen LogP contribution is -2.43. The maximum atomic E-state index is 13.2. The van der Waals surface area contributed by atoms with Crippen LogP contribution >= 0.6 is 0 Å². The van der Waals surface area contributed by atoms with E-state index in [0.717, 1.165) is 31.5 Å². The van der Waals surface area contributed by atoms with Crippen molar-refractivity contribution < 1.29 is 22.8 Å². The second-order valence-corrected chi connectivity index (χ2v) is 8.30. The van der Waals surface area contributed by atoms with Gasteiger partial charge in [-0.15, -0.1) is 0 Å². The third kappa shape index (κ3) is 5.50. The number of benzene rings is 2. The minimum Gasteiger partial charge on any atom is -0.346 e. The molecule has 0 unspecified atom stereocenters. The van der Waals surface area contributed by atoms with Gasteiger partial charge >= 0.3 is 6.18 Å². The number of hydrogen-bond acceptors (Lipinski definition) is 2. The maximum Gasteiger partial charge on any atom is 0.416 e. The van der Waals surface area contributed by atoms with Gasteiger partial charge in [0.25, 0.3) is 5.91 Å². The Morgan fingerprint density at radius 2 is 1.66 bits per heavy atom. The third-order valence-electron chi connectivity index (χ3n) is 6.04. The molecule has 32 heavy (non-hydrogen) atoms. The summed E-state index contributed by atoms with van der Waals surface area (Å²) in [5.41, 5.74) is 0.895. The van der Waals surface area contributed by atoms with Crippen LogP contribution in [0.25, 0.3) is 11.1 Å². The fraction of sp³-hybridized carbons (Fsp3) is 0.440. The summed E-state index contributed by atoms with van der Waals surface area (Å²) in [5, 5.41) is 0. The Morgan fingerprint density at radius 3 is 2.25 bits per heavy atom. The number of hydrogen-bond donors (Lipinski definition) is 0. The Hall–Kier alpha value is -2.83. The van der Waals surface area contributed by atoms with Crippen LogP contribution in [0.2, 0.25) is 0 Å². The summed E-state index contributed by atoms with van der Waals surface area (Å²) in [4.78, 5) is 29.4. The zero-order valence-corrected chi connectivity index (χ0v) is 18.5. The summed E-state index contributed by atoms with van der Waals surface area (Å²) in [6.07, 6.45) is -1.17. The van der Waals surface area contributed by atoms with Crippen molar-refractivity contribution in [1.29, 1.82) is 0 Å². The molecule has 0 bridgehead atoms. The lowest BCUT2D eigenvalue weighted by molar-refractivity contribution is -0.137. The van der Waals surface area contributed by atoms with E-state index in [4.69, 9.17) is 0 Å². The topological polar surface area (TPSA) is 40.6 Å². The van der Waals surface area contributed by atoms with Crippen LogP contribution < -0.4 is 0 Å². The van der Waals surface area contributed by atoms with Gasteiger partial charge in [-0.1, -0.05) is 43.7 Å². The molecule has 0 saturated carbocycles. The van der Waals surface area contributed by atoms with Crippen LogP contribution in [0.3, 0.4) is 0 Å². The van der Waals surface area contributed by atoms with Gasteiger partial charge in [0.2, 0.25) is 5.91 Å². The monoisotopic (exact) mass is 446 g/mol. The quantitative estimate of drug-likeness (QED) is 0.589. The molecule has 0 aliphatic carbocycles. The van der Waals surface area contributed by atoms with Crippen LogP contribution in [0.5, 0.6) is 0 Å². The summed E-state index contributed by atoms with van der Waals surface area (Å²) in [6, 6.07) is 11.8. The van der Waals surface area contributed by atoms with Crippen molar-refractivity contribution in [3.05, 3.63) is 59.7 Å². The Kier molecular flexibility index (Phi) is 7.59. The molecule has 0 radical (unpaired) electrons. The van der Waals surface area contributed by atoms with Crippen molar-refractivity contribution >= 4 is 11.8 Å². The van der Waals surface area contributed by atoms with Crippen LogP contribution in [-0.2, 0) is 11.0 Å². The van der Waals surface area contributed by atoms with E-state index >= 15 is 0 Å². The molecule has 3 rings (SSSR count). The van der Waals surface area contributed by atoms with Gasteiger partial charge in [0.1, 0.15) is 0 Å². The summed E-state index contributed by atoms with van der Waals surface area (Å²) in [5.74, 6) is -0.104. The first-order valence-electron chi connectivity index (χ1n) is 11.0. The largest absolute Gasteiger partial charge is 0.416 e. The van der Waals surface area contributed by atoms with E-state index < -0.39 is 11.7 Å². The number of alkyl halides is 3. The lowest BCUT2D eigenvalue weighted by atomic mass is 9.93. The number of piperidine rings is 1. The van der Waals surface area contributed by atoms with E-state index in [1.165, 1.54) is 12.1 Å². The van der Waals surface area contributed by atoms with Gasteiger partial charge in [-0.25, -0.2) is 0 Å². The lowest BCUT2D eigenvalue weighted by Gasteiger charge is -2.33. The molecule has 1 heterocycles. The molecule has 0 aromatic heterocycles. The number of unbranched alkanes of at least 4 members (excludes halogenated alkanes) is 1. The minimum atomic E-state index is -4.40. The molecule has 1 aliphatic heterocycles. The van der Waals surface area contributed by atoms with Gasteiger partial charge in [0.15, 0.2) is 0 Å². The zero-order valence-electron chi connectivity index (χ0n) is 18.5. The van der Waals surface area contributed by atoms with Crippen molar-refractivity contribution in [3.8, 4) is 11.1 Å². The second kappa shape index (κ2) is 10.2. The van der Waals surface area contributed by atoms with Gasteiger partial charge in [0, 0.05) is 38.2 Å². The highest BCUT2D eigenvalue weighted by Gasteiger charge is 2.31. The normalized spacial score (nSPS) is 15.0. The summed E-state index contributed by atoms with van der Waals surface area (Å²) >= 11 is 0. The van der Waals surface area contributed by atoms with E-state index in [0.29, 0.717) is 42.6 Å². The third-order valence-corrected chi connectivity index (χ3v) is 6.04. The van der Waals surface area contributed by atoms with Gasteiger partial charge in [-0.3, -0.25) is 9.59 Å². The number of likely N-dealkylation sites (tertiary alicyclic amines) is 1. The Bertz CT molecular complexity index is 933. The molecule has 172 valence electrons. The Morgan fingerprint density at radius 1 is 1.03 bits per heavy atom. The van der Waals surface area contributed by atoms with Crippen LogP contribution in [0.4, 0.5) is 13.2 Å². The highest BCUT2D eigenvalue weighted by molar-refractivity contribution is 6.01. The molecule has 1 fully saturated rings. The first-order valence-corrected chi connectivity index (χ1v) is 11.0. The summed E-state index contributed by atoms with van der Waals surface area (Å²) < 4.78 is 38.7. The van der Waals surface area contributed by atoms with Crippen molar-refractivity contribution in [2.75, 3.05) is 26.7 Å². The van der Waals surface area contributed by atoms with E-state index in [-0.39, 0.29) is 17.7 Å². The molecule has 0 spiro atoms. The van der Waals surface area contributed by atoms with E-state index in [9.17, 15) is 22.8 Å². The number of nitrogens with zero attached hydrogens (tertiary/aromatic N) is 2. The molecule has 1 aliphatic rings. The molecule has 2 amide bonds. The molecule has 2 aromatic rings. The van der Waals surface area contributed by atoms with Crippen LogP contribution in [0.1, 0.15) is 48.5 Å². The van der Waals surface area contributed by atoms with Gasteiger partial charge < -0.3 is 9.80 Å². The first kappa shape index (κ1) is 23.8. The highest BCUT2D eigenvalue weighted by Crippen LogP contribution is 2.32. The fourth-order valence-corrected chi connectivity index (χ4v) is 4.08. The smallest absolute Gasteiger partial charge is 0.346 e. The van der Waals surface area contributed by atoms with Crippen LogP contribution in [-0.4, -0.2) is 48.3 Å². The van der Waals surface area contributed by atoms with E-state index in [1.54, 1.807) is 34.1 Å². The Balaban J connectivity index is 1.70. The predicted octanol–water partition coefficient (Wildman–Crippen LogP) is 5.48. The Labute approximate surface area is 187 Å². The molecule has 7 heteroatoms. The van der Waals surface area contributed by atoms with Crippen LogP contribution in [0, 0.1) is 5.92 Å². The fourth-order valence-electron chi connectivity index (χ4n) is 4.08. The number of carbonyl (C=O) groups excluding carboxylic acids is 2. The SMILES string of the molecule is CCCCN(C)C(=O)C1CCN(C(=O)c2ccccc2-c2ccc(C(F)(F)F)cc2)CC1. The molecular weight excluding hydrogens is 417 g/mol. The standard InChI is InChI=1S/C25H29F3N2O2/c1-3-4-15-29(2)23(31)19-13-16-30(17-14-19)24(32)22-8-6-5-7-21(22)18-9-11-20(12-10-18)25(26,27)28/h5-12,19H,3-4,13-17H2,1-2H3. The predicted molar refractivity (Wildman–Crippen MR) is 118 cm³/mol. The average molecular weight is 447 g/mol. The maximum absolute atomic E-state index is 13.2. The molecule has 0 N–H and O–H groups in total. The number of amides is 2. The molecule has 4 nitrogen and oxygen atoms in total. The van der Waals surface area contributed by atoms with Crippen molar-refractivity contribution in [3.63, 3.8) is 0 Å². The molecule has 1 saturated heterocycles. The zero-order chi connectivity index (χ0) is 23.3. The number of carbonyl (C=O) groups is 2. The van der Waals surface area contributed by atoms with Crippen molar-refractivity contribution in [1.82, 2.24) is 9.80 Å². The summed E-state index contributed by atoms with van der Waals surface area (Å²) in [7, 11) is 1.83. The number of halogens is 3. The minimum absolute atomic E-state index is 0.0777. The number of rotatable bonds is 6. The molecule has 2 aromatic carbocycles. The van der Waals surface area contributed by atoms with Crippen molar-refractivity contribution in [2.24, 2.45) is 5.92 Å². The van der Waals surface area contributed by atoms with Gasteiger partial charge in [0.05, 0.1) is 5.56 Å². The summed E-state index contributed by atoms with van der Waals surface area (Å²) in [6.45, 7) is 3.80. The second-order valence-electron chi connectivity index (χ2n) is 8.30. The first-order chi connectivity index (χ1) is 15.2. The highest BCUT2D eigenvalue weighted by atomic mass is 19.4. The molecule has 0 atom stereocenters. The molecular formula is C25H29F3N2O2. The van der Waals surface area contributed by atoms with Gasteiger partial charge in [-0.2, -0.15) is 13.2 Å². The van der Waals surface area contributed by atoms with Crippen LogP contribution in [0.15, 0.2) is 48.5 Å². The average Bonchev–Trinajstić information content (AvgIpc) is 2.81. The van der Waals surface area contributed by atoms with Gasteiger partial charge in [-0.05, 0) is 48.6 Å². The van der Waals surface area contributed by atoms with E-state index in [1.807, 2.05) is 7.05 Å². The van der Waals surface area contributed by atoms with E-state index in [2.05, 4.69) is 6.92 Å².